The van der Waals surface area contributed by atoms with Gasteiger partial charge < -0.3 is 5.11 Å². The number of carboxylic acids is 1. The summed E-state index contributed by atoms with van der Waals surface area (Å²) in [6.45, 7) is 3.03. The van der Waals surface area contributed by atoms with Crippen LogP contribution in [0, 0.1) is 13.8 Å². The van der Waals surface area contributed by atoms with Crippen molar-refractivity contribution in [3.8, 4) is 0 Å². The number of halogens is 1. The summed E-state index contributed by atoms with van der Waals surface area (Å²) >= 11 is 0. The van der Waals surface area contributed by atoms with Gasteiger partial charge in [-0.3, -0.25) is 4.57 Å². The number of carboxylic acid groups (broad SMARTS) is 1. The van der Waals surface area contributed by atoms with Gasteiger partial charge in [0.1, 0.15) is 0 Å². The Bertz CT molecular complexity index is 427. The third-order valence-corrected chi connectivity index (χ3v) is 1.71. The van der Waals surface area contributed by atoms with Gasteiger partial charge in [0.25, 0.3) is 6.30 Å². The van der Waals surface area contributed by atoms with Gasteiger partial charge in [0.05, 0.1) is 0 Å². The fourth-order valence-corrected chi connectivity index (χ4v) is 1.15. The lowest BCUT2D eigenvalue weighted by atomic mass is 10.3. The van der Waals surface area contributed by atoms with Crippen LogP contribution in [-0.2, 0) is 4.79 Å². The summed E-state index contributed by atoms with van der Waals surface area (Å²) in [5.41, 5.74) is -0.226. The van der Waals surface area contributed by atoms with E-state index in [1.807, 2.05) is 0 Å². The van der Waals surface area contributed by atoms with Crippen LogP contribution in [0.3, 0.4) is 0 Å². The van der Waals surface area contributed by atoms with Gasteiger partial charge >= 0.3 is 11.7 Å². The summed E-state index contributed by atoms with van der Waals surface area (Å²) < 4.78 is 13.5. The number of alkyl halides is 1. The summed E-state index contributed by atoms with van der Waals surface area (Å²) in [5.74, 6) is -1.71. The Morgan fingerprint density at radius 1 is 1.64 bits per heavy atom. The van der Waals surface area contributed by atoms with Crippen molar-refractivity contribution in [2.24, 2.45) is 0 Å². The number of hydrogen-bond donors (Lipinski definition) is 1. The maximum absolute atomic E-state index is 13.0. The topological polar surface area (TPSA) is 72.2 Å². The maximum atomic E-state index is 13.0. The van der Waals surface area contributed by atoms with Crippen LogP contribution in [0.1, 0.15) is 17.7 Å². The molecule has 76 valence electrons. The SMILES string of the molecule is Cc1cc(C)n(C(F)C(=O)O)c(=O)n1. The van der Waals surface area contributed by atoms with Gasteiger partial charge in [-0.25, -0.2) is 14.0 Å². The minimum atomic E-state index is -2.38. The molecule has 0 aliphatic rings. The molecule has 0 bridgehead atoms. The van der Waals surface area contributed by atoms with Crippen molar-refractivity contribution in [1.82, 2.24) is 9.55 Å². The zero-order chi connectivity index (χ0) is 10.9. The van der Waals surface area contributed by atoms with Gasteiger partial charge in [0.2, 0.25) is 0 Å². The van der Waals surface area contributed by atoms with Crippen LogP contribution in [0.25, 0.3) is 0 Å². The number of rotatable bonds is 2. The Morgan fingerprint density at radius 3 is 2.64 bits per heavy atom. The Morgan fingerprint density at radius 2 is 2.21 bits per heavy atom. The average molecular weight is 200 g/mol. The Balaban J connectivity index is 3.35. The molecule has 0 saturated carbocycles. The van der Waals surface area contributed by atoms with Gasteiger partial charge in [0.15, 0.2) is 0 Å². The zero-order valence-corrected chi connectivity index (χ0v) is 7.69. The maximum Gasteiger partial charge on any atom is 0.360 e. The molecule has 1 rings (SSSR count). The number of nitrogens with zero attached hydrogens (tertiary/aromatic N) is 2. The first-order valence-corrected chi connectivity index (χ1v) is 3.87. The van der Waals surface area contributed by atoms with Crippen LogP contribution in [-0.4, -0.2) is 20.6 Å². The van der Waals surface area contributed by atoms with E-state index in [-0.39, 0.29) is 5.69 Å². The lowest BCUT2D eigenvalue weighted by molar-refractivity contribution is -0.146. The molecular weight excluding hydrogens is 191 g/mol. The van der Waals surface area contributed by atoms with Crippen LogP contribution in [0.2, 0.25) is 0 Å². The van der Waals surface area contributed by atoms with Crippen molar-refractivity contribution in [1.29, 1.82) is 0 Å². The lowest BCUT2D eigenvalue weighted by Gasteiger charge is -2.10. The van der Waals surface area contributed by atoms with Crippen molar-refractivity contribution in [2.45, 2.75) is 20.1 Å². The number of carbonyl (C=O) groups is 1. The Kier molecular flexibility index (Phi) is 2.64. The van der Waals surface area contributed by atoms with Crippen molar-refractivity contribution in [2.75, 3.05) is 0 Å². The molecular formula is C8H9FN2O3. The summed E-state index contributed by atoms with van der Waals surface area (Å²) in [4.78, 5) is 24.9. The second kappa shape index (κ2) is 3.57. The molecule has 1 aromatic rings. The van der Waals surface area contributed by atoms with E-state index >= 15 is 0 Å². The number of hydrogen-bond acceptors (Lipinski definition) is 3. The van der Waals surface area contributed by atoms with E-state index in [1.165, 1.54) is 13.0 Å². The molecule has 0 saturated heterocycles. The third-order valence-electron chi connectivity index (χ3n) is 1.71. The van der Waals surface area contributed by atoms with Crippen LogP contribution in [0.15, 0.2) is 10.9 Å². The highest BCUT2D eigenvalue weighted by Gasteiger charge is 2.21. The van der Waals surface area contributed by atoms with E-state index in [9.17, 15) is 14.0 Å². The van der Waals surface area contributed by atoms with Crippen LogP contribution in [0.5, 0.6) is 0 Å². The second-order valence-corrected chi connectivity index (χ2v) is 2.87. The van der Waals surface area contributed by atoms with Gasteiger partial charge in [0, 0.05) is 11.4 Å². The third kappa shape index (κ3) is 1.78. The van der Waals surface area contributed by atoms with E-state index in [2.05, 4.69) is 4.98 Å². The van der Waals surface area contributed by atoms with Crippen LogP contribution in [0.4, 0.5) is 4.39 Å². The summed E-state index contributed by atoms with van der Waals surface area (Å²) in [7, 11) is 0. The smallest absolute Gasteiger partial charge is 0.360 e. The molecule has 1 aromatic heterocycles. The van der Waals surface area contributed by atoms with Crippen molar-refractivity contribution in [3.63, 3.8) is 0 Å². The minimum absolute atomic E-state index is 0.234. The van der Waals surface area contributed by atoms with E-state index < -0.39 is 18.0 Å². The highest BCUT2D eigenvalue weighted by Crippen LogP contribution is 2.08. The standard InChI is InChI=1S/C8H9FN2O3/c1-4-3-5(2)11(8(14)10-4)6(9)7(12)13/h3,6H,1-2H3,(H,12,13). The van der Waals surface area contributed by atoms with Crippen LogP contribution < -0.4 is 5.69 Å². The van der Waals surface area contributed by atoms with Crippen molar-refractivity contribution in [3.05, 3.63) is 27.9 Å². The molecule has 0 aromatic carbocycles. The van der Waals surface area contributed by atoms with E-state index in [0.29, 0.717) is 10.3 Å². The summed E-state index contributed by atoms with van der Waals surface area (Å²) in [5, 5.41) is 8.39. The number of aryl methyl sites for hydroxylation is 2. The van der Waals surface area contributed by atoms with E-state index in [1.54, 1.807) is 6.92 Å². The first kappa shape index (κ1) is 10.4. The van der Waals surface area contributed by atoms with Crippen LogP contribution >= 0.6 is 0 Å². The average Bonchev–Trinajstić information content (AvgIpc) is 2.01. The van der Waals surface area contributed by atoms with Gasteiger partial charge in [-0.15, -0.1) is 0 Å². The lowest BCUT2D eigenvalue weighted by Crippen LogP contribution is -2.31. The first-order chi connectivity index (χ1) is 6.43. The number of aliphatic carboxylic acids is 1. The molecule has 14 heavy (non-hydrogen) atoms. The Hall–Kier alpha value is -1.72. The minimum Gasteiger partial charge on any atom is -0.478 e. The summed E-state index contributed by atoms with van der Waals surface area (Å²) in [6, 6.07) is 1.44. The molecule has 0 aliphatic heterocycles. The van der Waals surface area contributed by atoms with Crippen molar-refractivity contribution >= 4 is 5.97 Å². The molecule has 0 aliphatic carbocycles. The molecule has 1 heterocycles. The van der Waals surface area contributed by atoms with E-state index in [4.69, 9.17) is 5.11 Å². The predicted molar refractivity (Wildman–Crippen MR) is 45.8 cm³/mol. The monoisotopic (exact) mass is 200 g/mol. The fraction of sp³-hybridized carbons (Fsp3) is 0.375. The highest BCUT2D eigenvalue weighted by atomic mass is 19.1. The molecule has 1 unspecified atom stereocenters. The summed E-state index contributed by atoms with van der Waals surface area (Å²) in [6.07, 6.45) is -2.38. The fourth-order valence-electron chi connectivity index (χ4n) is 1.15. The second-order valence-electron chi connectivity index (χ2n) is 2.87. The first-order valence-electron chi connectivity index (χ1n) is 3.87. The molecule has 0 spiro atoms. The molecule has 6 heteroatoms. The normalized spacial score (nSPS) is 12.5. The Labute approximate surface area is 78.8 Å². The molecule has 0 radical (unpaired) electrons. The largest absolute Gasteiger partial charge is 0.478 e. The van der Waals surface area contributed by atoms with Gasteiger partial charge in [-0.1, -0.05) is 0 Å². The molecule has 0 amide bonds. The molecule has 1 N–H and O–H groups in total. The zero-order valence-electron chi connectivity index (χ0n) is 7.69. The number of aromatic nitrogens is 2. The van der Waals surface area contributed by atoms with E-state index in [0.717, 1.165) is 0 Å². The quantitative estimate of drug-likeness (QED) is 0.750. The molecule has 0 fully saturated rings. The molecule has 1 atom stereocenters. The highest BCUT2D eigenvalue weighted by molar-refractivity contribution is 5.70. The van der Waals surface area contributed by atoms with Gasteiger partial charge in [-0.05, 0) is 19.9 Å². The molecule has 5 nitrogen and oxygen atoms in total. The van der Waals surface area contributed by atoms with Gasteiger partial charge in [-0.2, -0.15) is 4.98 Å². The predicted octanol–water partition coefficient (Wildman–Crippen LogP) is 0.413. The van der Waals surface area contributed by atoms with Crippen molar-refractivity contribution < 1.29 is 14.3 Å².